The van der Waals surface area contributed by atoms with Crippen molar-refractivity contribution in [3.63, 3.8) is 0 Å². The number of esters is 2. The first-order valence-corrected chi connectivity index (χ1v) is 21.4. The average Bonchev–Trinajstić information content (AvgIpc) is 2.91. The number of rotatable bonds is 20. The van der Waals surface area contributed by atoms with Crippen LogP contribution in [-0.4, -0.2) is 63.9 Å². The van der Waals surface area contributed by atoms with Crippen molar-refractivity contribution < 1.29 is 33.3 Å². The van der Waals surface area contributed by atoms with Gasteiger partial charge in [0.05, 0.1) is 0 Å². The first kappa shape index (κ1) is 35.5. The Kier molecular flexibility index (Phi) is 18.7. The summed E-state index contributed by atoms with van der Waals surface area (Å²) >= 11 is -2.74. The Labute approximate surface area is 229 Å². The number of methoxy groups -OCH3 is 2. The minimum absolute atomic E-state index is 0.00852. The summed E-state index contributed by atoms with van der Waals surface area (Å²) in [4.78, 5) is 37.7. The molecule has 0 heterocycles. The predicted octanol–water partition coefficient (Wildman–Crippen LogP) is 7.55. The molecule has 0 unspecified atom stereocenters. The number of allylic oxidation sites excluding steroid dienone is 2. The molecule has 0 aromatic carbocycles. The van der Waals surface area contributed by atoms with Crippen LogP contribution in [-0.2, 0) is 28.5 Å². The molecule has 0 aromatic rings. The van der Waals surface area contributed by atoms with Gasteiger partial charge >= 0.3 is 223 Å². The van der Waals surface area contributed by atoms with Crippen molar-refractivity contribution >= 4 is 36.5 Å². The third-order valence-corrected chi connectivity index (χ3v) is 23.5. The number of carbonyl (C=O) groups is 3. The SMILES string of the molecule is C=[C](CCC(C/C=C(\C)COC(=O)OCC)(C(=O)OC)C(=O)OC)[Sn]([CH2]CCC)([CH2]CCC)[CH2]CCC. The van der Waals surface area contributed by atoms with E-state index < -0.39 is 41.9 Å². The zero-order chi connectivity index (χ0) is 28.3. The maximum absolute atomic E-state index is 13.1. The molecule has 0 N–H and O–H groups in total. The van der Waals surface area contributed by atoms with Gasteiger partial charge in [-0.05, 0) is 6.92 Å². The molecule has 0 rings (SSSR count). The first-order valence-electron chi connectivity index (χ1n) is 13.9. The van der Waals surface area contributed by atoms with Crippen LogP contribution in [0.3, 0.4) is 0 Å². The molecule has 0 saturated carbocycles. The molecule has 0 amide bonds. The van der Waals surface area contributed by atoms with E-state index in [0.717, 1.165) is 19.3 Å². The van der Waals surface area contributed by atoms with Crippen LogP contribution in [0.2, 0.25) is 13.3 Å². The molecular formula is C29H52O7Sn. The zero-order valence-electron chi connectivity index (χ0n) is 24.5. The molecule has 0 saturated heterocycles. The van der Waals surface area contributed by atoms with E-state index in [-0.39, 0.29) is 26.1 Å². The van der Waals surface area contributed by atoms with Gasteiger partial charge in [-0.3, -0.25) is 0 Å². The summed E-state index contributed by atoms with van der Waals surface area (Å²) in [6.07, 6.45) is 9.12. The fraction of sp³-hybridized carbons (Fsp3) is 0.759. The van der Waals surface area contributed by atoms with Gasteiger partial charge in [0.15, 0.2) is 0 Å². The van der Waals surface area contributed by atoms with E-state index in [1.165, 1.54) is 50.4 Å². The summed E-state index contributed by atoms with van der Waals surface area (Å²) in [5.74, 6) is -1.22. The van der Waals surface area contributed by atoms with Crippen molar-refractivity contribution in [3.05, 3.63) is 21.8 Å². The number of ether oxygens (including phenoxy) is 4. The molecule has 0 aromatic heterocycles. The zero-order valence-corrected chi connectivity index (χ0v) is 27.4. The van der Waals surface area contributed by atoms with Gasteiger partial charge in [0, 0.05) is 0 Å². The van der Waals surface area contributed by atoms with Gasteiger partial charge in [-0.1, -0.05) is 0 Å². The average molecular weight is 631 g/mol. The second kappa shape index (κ2) is 19.5. The summed E-state index contributed by atoms with van der Waals surface area (Å²) in [5.41, 5.74) is -0.776. The standard InChI is InChI=1S/C17H25O7.3C4H9.Sn/c1-6-8-10-17(14(18)21-4,15(19)22-5)11-9-13(3)12-24-16(20)23-7-2;3*1-3-4-2;/h9H,1,7-8,10-12H2,2-5H3;3*1,3-4H2,2H3;/b13-9+;;;;. The summed E-state index contributed by atoms with van der Waals surface area (Å²) < 4.78 is 25.3. The Bertz CT molecular complexity index is 707. The van der Waals surface area contributed by atoms with Crippen LogP contribution in [0.1, 0.15) is 92.4 Å². The molecule has 0 bridgehead atoms. The molecule has 7 nitrogen and oxygen atoms in total. The summed E-state index contributed by atoms with van der Waals surface area (Å²) in [6.45, 7) is 15.0. The predicted molar refractivity (Wildman–Crippen MR) is 151 cm³/mol. The minimum atomic E-state index is -2.74. The monoisotopic (exact) mass is 632 g/mol. The Balaban J connectivity index is 6.02. The molecule has 214 valence electrons. The molecule has 0 spiro atoms. The fourth-order valence-corrected chi connectivity index (χ4v) is 20.6. The van der Waals surface area contributed by atoms with E-state index in [0.29, 0.717) is 12.0 Å². The molecular weight excluding hydrogens is 579 g/mol. The molecule has 0 aliphatic rings. The van der Waals surface area contributed by atoms with Crippen LogP contribution in [0, 0.1) is 5.41 Å². The summed E-state index contributed by atoms with van der Waals surface area (Å²) in [6, 6.07) is 0. The Hall–Kier alpha value is -1.51. The number of hydrogen-bond acceptors (Lipinski definition) is 7. The van der Waals surface area contributed by atoms with Crippen LogP contribution < -0.4 is 0 Å². The summed E-state index contributed by atoms with van der Waals surface area (Å²) in [7, 11) is 2.59. The van der Waals surface area contributed by atoms with E-state index >= 15 is 0 Å². The molecule has 0 radical (unpaired) electrons. The van der Waals surface area contributed by atoms with Gasteiger partial charge in [-0.2, -0.15) is 0 Å². The second-order valence-corrected chi connectivity index (χ2v) is 23.6. The van der Waals surface area contributed by atoms with Gasteiger partial charge in [-0.15, -0.1) is 0 Å². The Morgan fingerprint density at radius 1 is 0.838 bits per heavy atom. The fourth-order valence-electron chi connectivity index (χ4n) is 4.77. The van der Waals surface area contributed by atoms with E-state index in [4.69, 9.17) is 18.9 Å². The Morgan fingerprint density at radius 3 is 1.73 bits per heavy atom. The van der Waals surface area contributed by atoms with E-state index in [1.54, 1.807) is 19.9 Å². The van der Waals surface area contributed by atoms with Gasteiger partial charge in [-0.25, -0.2) is 0 Å². The van der Waals surface area contributed by atoms with Crippen LogP contribution in [0.4, 0.5) is 4.79 Å². The number of carbonyl (C=O) groups excluding carboxylic acids is 3. The molecule has 8 heteroatoms. The van der Waals surface area contributed by atoms with Crippen molar-refractivity contribution in [3.8, 4) is 0 Å². The second-order valence-electron chi connectivity index (χ2n) is 9.99. The van der Waals surface area contributed by atoms with Gasteiger partial charge in [0.1, 0.15) is 0 Å². The van der Waals surface area contributed by atoms with Crippen LogP contribution >= 0.6 is 0 Å². The summed E-state index contributed by atoms with van der Waals surface area (Å²) in [5, 5.41) is 0. The van der Waals surface area contributed by atoms with E-state index in [2.05, 4.69) is 27.4 Å². The van der Waals surface area contributed by atoms with E-state index in [9.17, 15) is 14.4 Å². The van der Waals surface area contributed by atoms with Crippen LogP contribution in [0.25, 0.3) is 0 Å². The van der Waals surface area contributed by atoms with E-state index in [1.807, 2.05) is 0 Å². The van der Waals surface area contributed by atoms with Crippen molar-refractivity contribution in [1.82, 2.24) is 0 Å². The third-order valence-electron chi connectivity index (χ3n) is 7.26. The first-order chi connectivity index (χ1) is 17.6. The van der Waals surface area contributed by atoms with Gasteiger partial charge < -0.3 is 0 Å². The molecule has 0 fully saturated rings. The maximum atomic E-state index is 13.1. The molecule has 0 aliphatic carbocycles. The molecule has 37 heavy (non-hydrogen) atoms. The van der Waals surface area contributed by atoms with Gasteiger partial charge in [0.25, 0.3) is 0 Å². The normalized spacial score (nSPS) is 12.1. The number of hydrogen-bond donors (Lipinski definition) is 0. The van der Waals surface area contributed by atoms with Crippen molar-refractivity contribution in [2.45, 2.75) is 106 Å². The van der Waals surface area contributed by atoms with Gasteiger partial charge in [0.2, 0.25) is 0 Å². The number of unbranched alkanes of at least 4 members (excludes halogenated alkanes) is 3. The quantitative estimate of drug-likeness (QED) is 0.0451. The third kappa shape index (κ3) is 11.8. The Morgan fingerprint density at radius 2 is 1.32 bits per heavy atom. The van der Waals surface area contributed by atoms with Crippen LogP contribution in [0.15, 0.2) is 21.8 Å². The van der Waals surface area contributed by atoms with Crippen molar-refractivity contribution in [1.29, 1.82) is 0 Å². The van der Waals surface area contributed by atoms with Crippen molar-refractivity contribution in [2.24, 2.45) is 5.41 Å². The molecule has 0 aliphatic heterocycles. The topological polar surface area (TPSA) is 88.1 Å². The van der Waals surface area contributed by atoms with Crippen molar-refractivity contribution in [2.75, 3.05) is 27.4 Å². The van der Waals surface area contributed by atoms with Crippen LogP contribution in [0.5, 0.6) is 0 Å². The molecule has 0 atom stereocenters.